The third-order valence-corrected chi connectivity index (χ3v) is 6.66. The standard InChI is InChI=1S/C13H22N2O3S2/c1-9-8-19-12(7-16)13(9)20(17,18)14-6-10(2)15(3)11-4-5-11/h8,10-11,14,16H,4-7H2,1-3H3. The van der Waals surface area contributed by atoms with E-state index in [1.54, 1.807) is 12.3 Å². The number of nitrogens with zero attached hydrogens (tertiary/aromatic N) is 1. The smallest absolute Gasteiger partial charge is 0.242 e. The molecule has 1 fully saturated rings. The van der Waals surface area contributed by atoms with Gasteiger partial charge in [0.2, 0.25) is 10.0 Å². The first-order chi connectivity index (χ1) is 9.36. The van der Waals surface area contributed by atoms with E-state index in [0.717, 1.165) is 0 Å². The summed E-state index contributed by atoms with van der Waals surface area (Å²) in [5, 5.41) is 11.0. The fourth-order valence-corrected chi connectivity index (χ4v) is 5.03. The Morgan fingerprint density at radius 1 is 1.55 bits per heavy atom. The van der Waals surface area contributed by atoms with Crippen molar-refractivity contribution in [2.24, 2.45) is 0 Å². The van der Waals surface area contributed by atoms with Gasteiger partial charge in [0.15, 0.2) is 0 Å². The molecule has 0 aliphatic heterocycles. The molecule has 1 aromatic rings. The number of aliphatic hydroxyl groups excluding tert-OH is 1. The Hall–Kier alpha value is -0.470. The van der Waals surface area contributed by atoms with Crippen LogP contribution in [0.5, 0.6) is 0 Å². The van der Waals surface area contributed by atoms with E-state index in [2.05, 4.69) is 9.62 Å². The van der Waals surface area contributed by atoms with Crippen molar-refractivity contribution in [2.75, 3.05) is 13.6 Å². The Morgan fingerprint density at radius 2 is 2.20 bits per heavy atom. The normalized spacial score (nSPS) is 17.6. The van der Waals surface area contributed by atoms with Crippen LogP contribution in [0, 0.1) is 6.92 Å². The molecule has 114 valence electrons. The summed E-state index contributed by atoms with van der Waals surface area (Å²) < 4.78 is 27.4. The van der Waals surface area contributed by atoms with Crippen molar-refractivity contribution in [1.29, 1.82) is 0 Å². The van der Waals surface area contributed by atoms with Gasteiger partial charge in [-0.15, -0.1) is 11.3 Å². The highest BCUT2D eigenvalue weighted by Crippen LogP contribution is 2.28. The fraction of sp³-hybridized carbons (Fsp3) is 0.692. The van der Waals surface area contributed by atoms with Gasteiger partial charge in [0, 0.05) is 18.6 Å². The van der Waals surface area contributed by atoms with Crippen LogP contribution in [-0.4, -0.2) is 44.1 Å². The maximum absolute atomic E-state index is 12.4. The molecule has 1 atom stereocenters. The molecule has 1 saturated carbocycles. The summed E-state index contributed by atoms with van der Waals surface area (Å²) in [7, 11) is -1.52. The average molecular weight is 318 g/mol. The van der Waals surface area contributed by atoms with Crippen molar-refractivity contribution in [2.45, 2.75) is 50.3 Å². The molecule has 2 N–H and O–H groups in total. The molecule has 1 unspecified atom stereocenters. The Balaban J connectivity index is 2.05. The number of likely N-dealkylation sites (N-methyl/N-ethyl adjacent to an activating group) is 1. The SMILES string of the molecule is Cc1csc(CO)c1S(=O)(=O)NCC(C)N(C)C1CC1. The summed E-state index contributed by atoms with van der Waals surface area (Å²) in [6.45, 7) is 3.92. The molecular weight excluding hydrogens is 296 g/mol. The average Bonchev–Trinajstić information content (AvgIpc) is 3.17. The zero-order valence-electron chi connectivity index (χ0n) is 12.1. The first kappa shape index (κ1) is 15.9. The minimum atomic E-state index is -3.55. The number of aryl methyl sites for hydroxylation is 1. The van der Waals surface area contributed by atoms with Crippen LogP contribution in [0.4, 0.5) is 0 Å². The van der Waals surface area contributed by atoms with E-state index < -0.39 is 10.0 Å². The van der Waals surface area contributed by atoms with Gasteiger partial charge in [-0.3, -0.25) is 4.90 Å². The van der Waals surface area contributed by atoms with Crippen LogP contribution in [0.3, 0.4) is 0 Å². The van der Waals surface area contributed by atoms with E-state index in [1.165, 1.54) is 24.2 Å². The second-order valence-corrected chi connectivity index (χ2v) is 8.09. The molecule has 1 aliphatic carbocycles. The summed E-state index contributed by atoms with van der Waals surface area (Å²) in [5.74, 6) is 0. The summed E-state index contributed by atoms with van der Waals surface area (Å²) in [5.41, 5.74) is 0.690. The van der Waals surface area contributed by atoms with Crippen molar-refractivity contribution in [3.8, 4) is 0 Å². The molecular formula is C13H22N2O3S2. The van der Waals surface area contributed by atoms with Crippen molar-refractivity contribution in [3.63, 3.8) is 0 Å². The summed E-state index contributed by atoms with van der Waals surface area (Å²) in [6, 6.07) is 0.763. The molecule has 0 radical (unpaired) electrons. The van der Waals surface area contributed by atoms with E-state index in [1.807, 2.05) is 14.0 Å². The lowest BCUT2D eigenvalue weighted by molar-refractivity contribution is 0.248. The van der Waals surface area contributed by atoms with Gasteiger partial charge in [-0.25, -0.2) is 13.1 Å². The minimum absolute atomic E-state index is 0.161. The molecule has 1 aromatic heterocycles. The highest BCUT2D eigenvalue weighted by Gasteiger charge is 2.30. The zero-order valence-corrected chi connectivity index (χ0v) is 13.7. The Kier molecular flexibility index (Phi) is 4.86. The number of sulfonamides is 1. The number of nitrogens with one attached hydrogen (secondary N) is 1. The lowest BCUT2D eigenvalue weighted by Gasteiger charge is -2.24. The maximum Gasteiger partial charge on any atom is 0.242 e. The van der Waals surface area contributed by atoms with Crippen molar-refractivity contribution in [3.05, 3.63) is 15.8 Å². The van der Waals surface area contributed by atoms with Gasteiger partial charge in [0.1, 0.15) is 4.90 Å². The van der Waals surface area contributed by atoms with Crippen molar-refractivity contribution in [1.82, 2.24) is 9.62 Å². The highest BCUT2D eigenvalue weighted by atomic mass is 32.2. The molecule has 0 amide bonds. The maximum atomic E-state index is 12.4. The van der Waals surface area contributed by atoms with Crippen LogP contribution in [0.2, 0.25) is 0 Å². The third-order valence-electron chi connectivity index (χ3n) is 3.79. The van der Waals surface area contributed by atoms with Gasteiger partial charge in [0.25, 0.3) is 0 Å². The van der Waals surface area contributed by atoms with Gasteiger partial charge < -0.3 is 5.11 Å². The molecule has 2 rings (SSSR count). The van der Waals surface area contributed by atoms with Crippen LogP contribution < -0.4 is 4.72 Å². The number of rotatable bonds is 7. The molecule has 0 saturated heterocycles. The summed E-state index contributed by atoms with van der Waals surface area (Å²) >= 11 is 1.28. The largest absolute Gasteiger partial charge is 0.391 e. The highest BCUT2D eigenvalue weighted by molar-refractivity contribution is 7.89. The van der Waals surface area contributed by atoms with E-state index >= 15 is 0 Å². The van der Waals surface area contributed by atoms with E-state index in [9.17, 15) is 13.5 Å². The molecule has 5 nitrogen and oxygen atoms in total. The lowest BCUT2D eigenvalue weighted by atomic mass is 10.3. The number of thiophene rings is 1. The van der Waals surface area contributed by atoms with Gasteiger partial charge in [-0.05, 0) is 44.7 Å². The van der Waals surface area contributed by atoms with Gasteiger partial charge in [-0.1, -0.05) is 0 Å². The van der Waals surface area contributed by atoms with Gasteiger partial charge in [0.05, 0.1) is 11.5 Å². The van der Waals surface area contributed by atoms with Crippen molar-refractivity contribution >= 4 is 21.4 Å². The van der Waals surface area contributed by atoms with Crippen LogP contribution in [-0.2, 0) is 16.6 Å². The van der Waals surface area contributed by atoms with Crippen LogP contribution >= 0.6 is 11.3 Å². The number of aliphatic hydroxyl groups is 1. The molecule has 20 heavy (non-hydrogen) atoms. The Labute approximate surface area is 124 Å². The second-order valence-electron chi connectivity index (χ2n) is 5.43. The van der Waals surface area contributed by atoms with E-state index in [4.69, 9.17) is 0 Å². The lowest BCUT2D eigenvalue weighted by Crippen LogP contribution is -2.41. The fourth-order valence-electron chi connectivity index (χ4n) is 2.25. The van der Waals surface area contributed by atoms with Crippen molar-refractivity contribution < 1.29 is 13.5 Å². The first-order valence-corrected chi connectivity index (χ1v) is 9.12. The summed E-state index contributed by atoms with van der Waals surface area (Å²) in [4.78, 5) is 2.96. The zero-order chi connectivity index (χ0) is 14.9. The first-order valence-electron chi connectivity index (χ1n) is 6.76. The predicted molar refractivity (Wildman–Crippen MR) is 80.4 cm³/mol. The molecule has 7 heteroatoms. The van der Waals surface area contributed by atoms with Gasteiger partial charge in [-0.2, -0.15) is 0 Å². The third kappa shape index (κ3) is 3.40. The summed E-state index contributed by atoms with van der Waals surface area (Å²) in [6.07, 6.45) is 2.40. The minimum Gasteiger partial charge on any atom is -0.391 e. The molecule has 0 spiro atoms. The van der Waals surface area contributed by atoms with Crippen LogP contribution in [0.15, 0.2) is 10.3 Å². The van der Waals surface area contributed by atoms with Crippen LogP contribution in [0.25, 0.3) is 0 Å². The molecule has 0 aromatic carbocycles. The quantitative estimate of drug-likeness (QED) is 0.795. The van der Waals surface area contributed by atoms with Gasteiger partial charge >= 0.3 is 0 Å². The predicted octanol–water partition coefficient (Wildman–Crippen LogP) is 1.31. The number of hydrogen-bond acceptors (Lipinski definition) is 5. The van der Waals surface area contributed by atoms with Crippen LogP contribution in [0.1, 0.15) is 30.2 Å². The Morgan fingerprint density at radius 3 is 2.75 bits per heavy atom. The molecule has 1 heterocycles. The number of hydrogen-bond donors (Lipinski definition) is 2. The van der Waals surface area contributed by atoms with E-state index in [-0.39, 0.29) is 17.5 Å². The Bertz CT molecular complexity index is 564. The molecule has 0 bridgehead atoms. The monoisotopic (exact) mass is 318 g/mol. The van der Waals surface area contributed by atoms with E-state index in [0.29, 0.717) is 23.0 Å². The molecule has 1 aliphatic rings. The second kappa shape index (κ2) is 6.11. The topological polar surface area (TPSA) is 69.6 Å².